The van der Waals surface area contributed by atoms with Crippen molar-refractivity contribution in [3.8, 4) is 5.88 Å². The molecule has 0 amide bonds. The predicted molar refractivity (Wildman–Crippen MR) is 91.0 cm³/mol. The van der Waals surface area contributed by atoms with E-state index in [-0.39, 0.29) is 0 Å². The summed E-state index contributed by atoms with van der Waals surface area (Å²) < 4.78 is 5.28. The van der Waals surface area contributed by atoms with E-state index in [0.717, 1.165) is 5.88 Å². The normalized spacial score (nSPS) is 12.3. The summed E-state index contributed by atoms with van der Waals surface area (Å²) in [5.74, 6) is 1.43. The molecule has 0 N–H and O–H groups in total. The Kier molecular flexibility index (Phi) is 9.94. The number of hydrogen-bond acceptors (Lipinski definition) is 2. The topological polar surface area (TPSA) is 22.1 Å². The summed E-state index contributed by atoms with van der Waals surface area (Å²) in [5.41, 5.74) is 1.41. The first-order valence-electron chi connectivity index (χ1n) is 8.81. The van der Waals surface area contributed by atoms with Gasteiger partial charge in [0, 0.05) is 12.3 Å². The van der Waals surface area contributed by atoms with Gasteiger partial charge in [0.2, 0.25) is 5.88 Å². The minimum atomic E-state index is 0.676. The highest BCUT2D eigenvalue weighted by molar-refractivity contribution is 5.24. The molecule has 2 nitrogen and oxygen atoms in total. The number of rotatable bonds is 12. The van der Waals surface area contributed by atoms with E-state index < -0.39 is 0 Å². The fraction of sp³-hybridized carbons (Fsp3) is 0.737. The zero-order valence-corrected chi connectivity index (χ0v) is 14.2. The van der Waals surface area contributed by atoms with Crippen molar-refractivity contribution >= 4 is 0 Å². The molecule has 1 aromatic rings. The standard InChI is InChI=1S/C19H33NO/c1-4-6-8-9-11-13-17(12-10-7-5-2)18-14-15-20-19(16-18)21-3/h14-17H,4-13H2,1-3H3. The average Bonchev–Trinajstić information content (AvgIpc) is 2.53. The summed E-state index contributed by atoms with van der Waals surface area (Å²) in [6, 6.07) is 4.30. The van der Waals surface area contributed by atoms with Crippen LogP contribution in [0.15, 0.2) is 18.3 Å². The zero-order valence-electron chi connectivity index (χ0n) is 14.2. The molecule has 1 heterocycles. The maximum Gasteiger partial charge on any atom is 0.213 e. The van der Waals surface area contributed by atoms with Crippen LogP contribution >= 0.6 is 0 Å². The van der Waals surface area contributed by atoms with E-state index in [1.807, 2.05) is 6.20 Å². The molecule has 2 heteroatoms. The minimum Gasteiger partial charge on any atom is -0.481 e. The second-order valence-corrected chi connectivity index (χ2v) is 6.03. The van der Waals surface area contributed by atoms with Crippen molar-refractivity contribution in [1.82, 2.24) is 4.98 Å². The second kappa shape index (κ2) is 11.6. The highest BCUT2D eigenvalue weighted by Gasteiger charge is 2.12. The summed E-state index contributed by atoms with van der Waals surface area (Å²) >= 11 is 0. The maximum absolute atomic E-state index is 5.28. The van der Waals surface area contributed by atoms with Gasteiger partial charge in [-0.15, -0.1) is 0 Å². The monoisotopic (exact) mass is 291 g/mol. The van der Waals surface area contributed by atoms with E-state index >= 15 is 0 Å². The fourth-order valence-electron chi connectivity index (χ4n) is 2.90. The van der Waals surface area contributed by atoms with Gasteiger partial charge < -0.3 is 4.74 Å². The molecule has 0 spiro atoms. The Hall–Kier alpha value is -1.05. The van der Waals surface area contributed by atoms with E-state index in [2.05, 4.69) is 31.0 Å². The molecule has 1 rings (SSSR count). The third-order valence-corrected chi connectivity index (χ3v) is 4.25. The highest BCUT2D eigenvalue weighted by Crippen LogP contribution is 2.29. The Bertz CT molecular complexity index is 364. The third kappa shape index (κ3) is 7.50. The van der Waals surface area contributed by atoms with E-state index in [1.165, 1.54) is 69.8 Å². The van der Waals surface area contributed by atoms with Crippen molar-refractivity contribution < 1.29 is 4.74 Å². The largest absolute Gasteiger partial charge is 0.481 e. The summed E-state index contributed by atoms with van der Waals surface area (Å²) in [7, 11) is 1.70. The lowest BCUT2D eigenvalue weighted by atomic mass is 9.89. The number of hydrogen-bond donors (Lipinski definition) is 0. The molecule has 1 unspecified atom stereocenters. The molecule has 1 atom stereocenters. The molecule has 1 aromatic heterocycles. The van der Waals surface area contributed by atoms with Gasteiger partial charge in [0.1, 0.15) is 0 Å². The van der Waals surface area contributed by atoms with E-state index in [0.29, 0.717) is 5.92 Å². The molecule has 0 aliphatic rings. The van der Waals surface area contributed by atoms with Crippen molar-refractivity contribution in [3.05, 3.63) is 23.9 Å². The van der Waals surface area contributed by atoms with Gasteiger partial charge in [-0.05, 0) is 30.4 Å². The number of nitrogens with zero attached hydrogens (tertiary/aromatic N) is 1. The van der Waals surface area contributed by atoms with Gasteiger partial charge in [-0.1, -0.05) is 65.2 Å². The van der Waals surface area contributed by atoms with E-state index in [1.54, 1.807) is 7.11 Å². The molecule has 0 bridgehead atoms. The molecular weight excluding hydrogens is 258 g/mol. The van der Waals surface area contributed by atoms with Gasteiger partial charge in [-0.2, -0.15) is 0 Å². The minimum absolute atomic E-state index is 0.676. The molecule has 0 aliphatic carbocycles. The van der Waals surface area contributed by atoms with Crippen LogP contribution < -0.4 is 4.74 Å². The molecule has 0 saturated heterocycles. The third-order valence-electron chi connectivity index (χ3n) is 4.25. The molecule has 0 aromatic carbocycles. The summed E-state index contributed by atoms with van der Waals surface area (Å²) in [4.78, 5) is 4.24. The van der Waals surface area contributed by atoms with Gasteiger partial charge in [0.25, 0.3) is 0 Å². The summed E-state index contributed by atoms with van der Waals surface area (Å²) in [5, 5.41) is 0. The Labute approximate surface area is 131 Å². The number of aromatic nitrogens is 1. The van der Waals surface area contributed by atoms with Crippen molar-refractivity contribution in [2.24, 2.45) is 0 Å². The Balaban J connectivity index is 2.53. The van der Waals surface area contributed by atoms with Crippen LogP contribution in [0.25, 0.3) is 0 Å². The van der Waals surface area contributed by atoms with Crippen molar-refractivity contribution in [2.75, 3.05) is 7.11 Å². The smallest absolute Gasteiger partial charge is 0.213 e. The first kappa shape index (κ1) is 18.0. The molecule has 21 heavy (non-hydrogen) atoms. The SMILES string of the molecule is CCCCCCCC(CCCCC)c1ccnc(OC)c1. The van der Waals surface area contributed by atoms with Crippen LogP contribution in [0.5, 0.6) is 5.88 Å². The van der Waals surface area contributed by atoms with Gasteiger partial charge in [0.05, 0.1) is 7.11 Å². The number of unbranched alkanes of at least 4 members (excludes halogenated alkanes) is 6. The number of ether oxygens (including phenoxy) is 1. The van der Waals surface area contributed by atoms with E-state index in [4.69, 9.17) is 4.74 Å². The summed E-state index contributed by atoms with van der Waals surface area (Å²) in [6.07, 6.45) is 15.3. The van der Waals surface area contributed by atoms with Gasteiger partial charge >= 0.3 is 0 Å². The molecule has 0 saturated carbocycles. The van der Waals surface area contributed by atoms with E-state index in [9.17, 15) is 0 Å². The fourth-order valence-corrected chi connectivity index (χ4v) is 2.90. The average molecular weight is 291 g/mol. The van der Waals surface area contributed by atoms with Crippen LogP contribution in [0.2, 0.25) is 0 Å². The Morgan fingerprint density at radius 3 is 2.24 bits per heavy atom. The first-order valence-corrected chi connectivity index (χ1v) is 8.81. The molecule has 0 fully saturated rings. The first-order chi connectivity index (χ1) is 10.3. The molecule has 120 valence electrons. The molecule has 0 aliphatic heterocycles. The van der Waals surface area contributed by atoms with Crippen LogP contribution in [0.3, 0.4) is 0 Å². The van der Waals surface area contributed by atoms with Crippen LogP contribution in [0.1, 0.15) is 89.5 Å². The lowest BCUT2D eigenvalue weighted by molar-refractivity contribution is 0.395. The Morgan fingerprint density at radius 2 is 1.57 bits per heavy atom. The lowest BCUT2D eigenvalue weighted by Crippen LogP contribution is -2.01. The van der Waals surface area contributed by atoms with Crippen LogP contribution in [-0.4, -0.2) is 12.1 Å². The lowest BCUT2D eigenvalue weighted by Gasteiger charge is -2.18. The van der Waals surface area contributed by atoms with Crippen LogP contribution in [0, 0.1) is 0 Å². The predicted octanol–water partition coefficient (Wildman–Crippen LogP) is 6.11. The van der Waals surface area contributed by atoms with Gasteiger partial charge in [-0.25, -0.2) is 4.98 Å². The maximum atomic E-state index is 5.28. The van der Waals surface area contributed by atoms with Crippen LogP contribution in [0.4, 0.5) is 0 Å². The zero-order chi connectivity index (χ0) is 15.3. The molecular formula is C19H33NO. The van der Waals surface area contributed by atoms with Crippen molar-refractivity contribution in [2.45, 2.75) is 84.0 Å². The van der Waals surface area contributed by atoms with Crippen LogP contribution in [-0.2, 0) is 0 Å². The van der Waals surface area contributed by atoms with Crippen molar-refractivity contribution in [3.63, 3.8) is 0 Å². The van der Waals surface area contributed by atoms with Gasteiger partial charge in [-0.3, -0.25) is 0 Å². The number of methoxy groups -OCH3 is 1. The quantitative estimate of drug-likeness (QED) is 0.433. The highest BCUT2D eigenvalue weighted by atomic mass is 16.5. The summed E-state index contributed by atoms with van der Waals surface area (Å²) in [6.45, 7) is 4.55. The second-order valence-electron chi connectivity index (χ2n) is 6.03. The Morgan fingerprint density at radius 1 is 0.952 bits per heavy atom. The van der Waals surface area contributed by atoms with Gasteiger partial charge in [0.15, 0.2) is 0 Å². The molecule has 0 radical (unpaired) electrons. The number of pyridine rings is 1. The van der Waals surface area contributed by atoms with Crippen molar-refractivity contribution in [1.29, 1.82) is 0 Å².